The second-order valence-electron chi connectivity index (χ2n) is 8.13. The highest BCUT2D eigenvalue weighted by molar-refractivity contribution is 5.80. The number of aryl methyl sites for hydroxylation is 2. The molecule has 0 unspecified atom stereocenters. The number of hydrogen-bond acceptors (Lipinski definition) is 6. The molecule has 2 N–H and O–H groups in total. The zero-order valence-corrected chi connectivity index (χ0v) is 17.8. The molecule has 1 fully saturated rings. The number of ether oxygens (including phenoxy) is 1. The molecule has 2 heterocycles. The molecule has 0 aliphatic carbocycles. The van der Waals surface area contributed by atoms with Gasteiger partial charge in [0, 0.05) is 12.1 Å². The number of aromatic nitrogens is 2. The molecule has 0 radical (unpaired) electrons. The molecule has 1 aromatic carbocycles. The van der Waals surface area contributed by atoms with Gasteiger partial charge in [-0.1, -0.05) is 6.07 Å². The molecule has 7 heteroatoms. The van der Waals surface area contributed by atoms with Crippen molar-refractivity contribution < 1.29 is 19.7 Å². The lowest BCUT2D eigenvalue weighted by Gasteiger charge is -2.27. The normalized spacial score (nSPS) is 16.2. The standard InChI is InChI=1S/C21H29N3O2.CH2O2/c1-14-11-17(26-21(3,4)5)8-9-18(14)19-15(2)22-13-23-20(19)24-10-6-7-16(24)12-25;2-1-3/h8-9,11,13,16,25H,6-7,10,12H2,1-5H3;1H,(H,2,3)/t16-;/m0./s1. The van der Waals surface area contributed by atoms with Gasteiger partial charge in [-0.3, -0.25) is 4.79 Å². The molecular formula is C22H31N3O4. The molecule has 7 nitrogen and oxygen atoms in total. The molecule has 0 spiro atoms. The first-order valence-corrected chi connectivity index (χ1v) is 9.78. The third kappa shape index (κ3) is 5.67. The van der Waals surface area contributed by atoms with Gasteiger partial charge in [-0.2, -0.15) is 0 Å². The summed E-state index contributed by atoms with van der Waals surface area (Å²) in [5, 5.41) is 16.6. The third-order valence-electron chi connectivity index (χ3n) is 4.77. The fraction of sp³-hybridized carbons (Fsp3) is 0.500. The van der Waals surface area contributed by atoms with Crippen LogP contribution in [0.2, 0.25) is 0 Å². The van der Waals surface area contributed by atoms with E-state index in [0.717, 1.165) is 53.3 Å². The Kier molecular flexibility index (Phi) is 7.56. The average Bonchev–Trinajstić information content (AvgIpc) is 3.10. The number of carboxylic acid groups (broad SMARTS) is 1. The number of carbonyl (C=O) groups is 1. The van der Waals surface area contributed by atoms with Gasteiger partial charge in [-0.25, -0.2) is 9.97 Å². The van der Waals surface area contributed by atoms with E-state index in [1.54, 1.807) is 6.33 Å². The van der Waals surface area contributed by atoms with Gasteiger partial charge in [0.2, 0.25) is 0 Å². The molecule has 1 atom stereocenters. The van der Waals surface area contributed by atoms with Gasteiger partial charge < -0.3 is 19.8 Å². The lowest BCUT2D eigenvalue weighted by molar-refractivity contribution is -0.122. The van der Waals surface area contributed by atoms with Crippen LogP contribution in [0.5, 0.6) is 5.75 Å². The van der Waals surface area contributed by atoms with Crippen molar-refractivity contribution in [1.82, 2.24) is 9.97 Å². The maximum atomic E-state index is 9.73. The minimum absolute atomic E-state index is 0.131. The summed E-state index contributed by atoms with van der Waals surface area (Å²) >= 11 is 0. The maximum Gasteiger partial charge on any atom is 0.290 e. The van der Waals surface area contributed by atoms with Gasteiger partial charge in [-0.05, 0) is 70.7 Å². The molecular weight excluding hydrogens is 370 g/mol. The van der Waals surface area contributed by atoms with Crippen LogP contribution >= 0.6 is 0 Å². The van der Waals surface area contributed by atoms with Crippen molar-refractivity contribution >= 4 is 12.3 Å². The topological polar surface area (TPSA) is 95.8 Å². The van der Waals surface area contributed by atoms with Crippen molar-refractivity contribution in [2.24, 2.45) is 0 Å². The Hall–Kier alpha value is -2.67. The van der Waals surface area contributed by atoms with Crippen molar-refractivity contribution in [2.75, 3.05) is 18.1 Å². The van der Waals surface area contributed by atoms with Gasteiger partial charge >= 0.3 is 0 Å². The van der Waals surface area contributed by atoms with Crippen LogP contribution in [-0.4, -0.2) is 51.4 Å². The van der Waals surface area contributed by atoms with E-state index in [1.165, 1.54) is 0 Å². The van der Waals surface area contributed by atoms with Crippen LogP contribution in [0.1, 0.15) is 44.9 Å². The maximum absolute atomic E-state index is 9.73. The number of benzene rings is 1. The second kappa shape index (κ2) is 9.69. The molecule has 2 aromatic rings. The van der Waals surface area contributed by atoms with Crippen molar-refractivity contribution in [3.05, 3.63) is 35.8 Å². The van der Waals surface area contributed by atoms with Crippen molar-refractivity contribution in [2.45, 2.75) is 59.1 Å². The first-order valence-electron chi connectivity index (χ1n) is 9.78. The summed E-state index contributed by atoms with van der Waals surface area (Å²) in [5.74, 6) is 1.78. The first-order chi connectivity index (χ1) is 13.7. The minimum Gasteiger partial charge on any atom is -0.488 e. The smallest absolute Gasteiger partial charge is 0.290 e. The third-order valence-corrected chi connectivity index (χ3v) is 4.77. The predicted octanol–water partition coefficient (Wildman–Crippen LogP) is 3.60. The zero-order valence-electron chi connectivity index (χ0n) is 17.8. The molecule has 1 aromatic heterocycles. The van der Waals surface area contributed by atoms with Crippen LogP contribution in [-0.2, 0) is 4.79 Å². The molecule has 3 rings (SSSR count). The van der Waals surface area contributed by atoms with Crippen LogP contribution in [0, 0.1) is 13.8 Å². The van der Waals surface area contributed by atoms with E-state index in [2.05, 4.69) is 33.9 Å². The fourth-order valence-electron chi connectivity index (χ4n) is 3.63. The van der Waals surface area contributed by atoms with E-state index in [9.17, 15) is 5.11 Å². The number of aliphatic hydroxyl groups excluding tert-OH is 1. The Morgan fingerprint density at radius 1 is 1.28 bits per heavy atom. The lowest BCUT2D eigenvalue weighted by Crippen LogP contribution is -2.33. The SMILES string of the molecule is Cc1cc(OC(C)(C)C)ccc1-c1c(C)ncnc1N1CCC[C@H]1CO.O=CO. The monoisotopic (exact) mass is 401 g/mol. The summed E-state index contributed by atoms with van der Waals surface area (Å²) in [6.45, 7) is 11.1. The number of anilines is 1. The van der Waals surface area contributed by atoms with E-state index < -0.39 is 0 Å². The Morgan fingerprint density at radius 2 is 1.97 bits per heavy atom. The van der Waals surface area contributed by atoms with Crippen LogP contribution in [0.15, 0.2) is 24.5 Å². The number of hydrogen-bond donors (Lipinski definition) is 2. The molecule has 0 amide bonds. The minimum atomic E-state index is -0.250. The fourth-order valence-corrected chi connectivity index (χ4v) is 3.63. The zero-order chi connectivity index (χ0) is 21.6. The number of rotatable bonds is 4. The predicted molar refractivity (Wildman–Crippen MR) is 113 cm³/mol. The van der Waals surface area contributed by atoms with Crippen LogP contribution < -0.4 is 9.64 Å². The second-order valence-corrected chi connectivity index (χ2v) is 8.13. The molecule has 1 aliphatic heterocycles. The summed E-state index contributed by atoms with van der Waals surface area (Å²) in [6.07, 6.45) is 3.69. The van der Waals surface area contributed by atoms with Crippen molar-refractivity contribution in [3.63, 3.8) is 0 Å². The summed E-state index contributed by atoms with van der Waals surface area (Å²) in [4.78, 5) is 19.6. The molecule has 0 bridgehead atoms. The number of aliphatic hydroxyl groups is 1. The Morgan fingerprint density at radius 3 is 2.55 bits per heavy atom. The quantitative estimate of drug-likeness (QED) is 0.756. The number of nitrogens with zero attached hydrogens (tertiary/aromatic N) is 3. The van der Waals surface area contributed by atoms with Gasteiger partial charge in [0.25, 0.3) is 6.47 Å². The first kappa shape index (κ1) is 22.6. The van der Waals surface area contributed by atoms with Gasteiger partial charge in [0.15, 0.2) is 0 Å². The molecule has 1 aliphatic rings. The summed E-state index contributed by atoms with van der Waals surface area (Å²) < 4.78 is 5.99. The Bertz CT molecular complexity index is 833. The lowest BCUT2D eigenvalue weighted by atomic mass is 9.98. The molecule has 158 valence electrons. The highest BCUT2D eigenvalue weighted by Gasteiger charge is 2.28. The Balaban J connectivity index is 0.000000941. The van der Waals surface area contributed by atoms with Gasteiger partial charge in [0.1, 0.15) is 23.5 Å². The molecule has 0 saturated carbocycles. The van der Waals surface area contributed by atoms with Crippen molar-refractivity contribution in [1.29, 1.82) is 0 Å². The van der Waals surface area contributed by atoms with E-state index in [4.69, 9.17) is 14.6 Å². The molecule has 29 heavy (non-hydrogen) atoms. The highest BCUT2D eigenvalue weighted by Crippen LogP contribution is 2.37. The van der Waals surface area contributed by atoms with E-state index >= 15 is 0 Å². The van der Waals surface area contributed by atoms with Crippen molar-refractivity contribution in [3.8, 4) is 16.9 Å². The van der Waals surface area contributed by atoms with E-state index in [0.29, 0.717) is 0 Å². The van der Waals surface area contributed by atoms with Crippen LogP contribution in [0.25, 0.3) is 11.1 Å². The van der Waals surface area contributed by atoms with E-state index in [-0.39, 0.29) is 24.7 Å². The average molecular weight is 402 g/mol. The van der Waals surface area contributed by atoms with E-state index in [1.807, 2.05) is 33.8 Å². The highest BCUT2D eigenvalue weighted by atomic mass is 16.5. The summed E-state index contributed by atoms with van der Waals surface area (Å²) in [6, 6.07) is 6.31. The van der Waals surface area contributed by atoms with Gasteiger partial charge in [-0.15, -0.1) is 0 Å². The Labute approximate surface area is 172 Å². The largest absolute Gasteiger partial charge is 0.488 e. The van der Waals surface area contributed by atoms with Gasteiger partial charge in [0.05, 0.1) is 18.3 Å². The summed E-state index contributed by atoms with van der Waals surface area (Å²) in [5.41, 5.74) is 4.02. The summed E-state index contributed by atoms with van der Waals surface area (Å²) in [7, 11) is 0. The molecule has 1 saturated heterocycles. The van der Waals surface area contributed by atoms with Crippen LogP contribution in [0.4, 0.5) is 5.82 Å². The van der Waals surface area contributed by atoms with Crippen LogP contribution in [0.3, 0.4) is 0 Å².